The summed E-state index contributed by atoms with van der Waals surface area (Å²) in [5.74, 6) is 1.06. The van der Waals surface area contributed by atoms with Crippen LogP contribution in [0.2, 0.25) is 0 Å². The third-order valence-electron chi connectivity index (χ3n) is 8.00. The van der Waals surface area contributed by atoms with Crippen molar-refractivity contribution in [3.8, 4) is 0 Å². The second kappa shape index (κ2) is 8.65. The highest BCUT2D eigenvalue weighted by Crippen LogP contribution is 2.47. The van der Waals surface area contributed by atoms with Gasteiger partial charge in [-0.15, -0.1) is 0 Å². The molecule has 2 unspecified atom stereocenters. The first-order chi connectivity index (χ1) is 16.4. The molecule has 182 valence electrons. The van der Waals surface area contributed by atoms with E-state index in [9.17, 15) is 9.59 Å². The van der Waals surface area contributed by atoms with Crippen molar-refractivity contribution in [2.24, 2.45) is 5.92 Å². The molecule has 2 saturated heterocycles. The number of ether oxygens (including phenoxy) is 2. The topological polar surface area (TPSA) is 78.1 Å². The molecule has 8 nitrogen and oxygen atoms in total. The van der Waals surface area contributed by atoms with Gasteiger partial charge in [-0.1, -0.05) is 13.0 Å². The lowest BCUT2D eigenvalue weighted by Crippen LogP contribution is -2.54. The number of urea groups is 1. The Bertz CT molecular complexity index is 1060. The number of H-pyrrole nitrogens is 1. The number of nitrogens with zero attached hydrogens (tertiary/aromatic N) is 3. The van der Waals surface area contributed by atoms with Gasteiger partial charge in [0.05, 0.1) is 36.6 Å². The first-order valence-corrected chi connectivity index (χ1v) is 12.2. The van der Waals surface area contributed by atoms with Gasteiger partial charge in [0, 0.05) is 57.2 Å². The minimum absolute atomic E-state index is 0.0424. The zero-order chi connectivity index (χ0) is 24.0. The third-order valence-corrected chi connectivity index (χ3v) is 8.00. The first-order valence-electron chi connectivity index (χ1n) is 12.2. The first kappa shape index (κ1) is 22.8. The summed E-state index contributed by atoms with van der Waals surface area (Å²) in [6.07, 6.45) is 9.98. The molecule has 0 saturated carbocycles. The van der Waals surface area contributed by atoms with Crippen LogP contribution in [0.15, 0.2) is 53.2 Å². The van der Waals surface area contributed by atoms with Gasteiger partial charge < -0.3 is 24.3 Å². The van der Waals surface area contributed by atoms with Crippen LogP contribution in [0.4, 0.5) is 4.79 Å². The molecule has 5 rings (SSSR count). The largest absolute Gasteiger partial charge is 0.501 e. The number of hydrogen-bond donors (Lipinski definition) is 1. The fourth-order valence-electron chi connectivity index (χ4n) is 6.31. The van der Waals surface area contributed by atoms with Crippen molar-refractivity contribution in [1.29, 1.82) is 0 Å². The minimum Gasteiger partial charge on any atom is -0.501 e. The van der Waals surface area contributed by atoms with Gasteiger partial charge in [0.25, 0.3) is 5.91 Å². The van der Waals surface area contributed by atoms with E-state index in [0.29, 0.717) is 38.2 Å². The molecule has 34 heavy (non-hydrogen) atoms. The van der Waals surface area contributed by atoms with Crippen molar-refractivity contribution in [3.63, 3.8) is 0 Å². The normalized spacial score (nSPS) is 26.2. The maximum Gasteiger partial charge on any atom is 0.325 e. The van der Waals surface area contributed by atoms with E-state index in [-0.39, 0.29) is 29.5 Å². The lowest BCUT2D eigenvalue weighted by Gasteiger charge is -2.44. The number of likely N-dealkylation sites (N-methyl/N-ethyl adjacent to an activating group) is 1. The molecule has 8 heteroatoms. The van der Waals surface area contributed by atoms with Crippen molar-refractivity contribution < 1.29 is 19.1 Å². The number of fused-ring (bicyclic) bond motifs is 2. The highest BCUT2D eigenvalue weighted by Gasteiger charge is 2.55. The molecule has 1 N–H and O–H groups in total. The van der Waals surface area contributed by atoms with Crippen LogP contribution < -0.4 is 0 Å². The molecular weight excluding hydrogens is 432 g/mol. The number of methoxy groups -OCH3 is 2. The number of piperidine rings is 1. The molecule has 4 aliphatic rings. The van der Waals surface area contributed by atoms with E-state index >= 15 is 0 Å². The van der Waals surface area contributed by atoms with E-state index in [4.69, 9.17) is 9.47 Å². The summed E-state index contributed by atoms with van der Waals surface area (Å²) in [5, 5.41) is 0. The Labute approximate surface area is 200 Å². The van der Waals surface area contributed by atoms with Crippen molar-refractivity contribution >= 4 is 11.9 Å². The van der Waals surface area contributed by atoms with E-state index in [0.717, 1.165) is 29.9 Å². The van der Waals surface area contributed by atoms with Crippen LogP contribution in [0.5, 0.6) is 0 Å². The van der Waals surface area contributed by atoms with Gasteiger partial charge in [-0.25, -0.2) is 4.79 Å². The zero-order valence-electron chi connectivity index (χ0n) is 20.5. The Morgan fingerprint density at radius 2 is 2.03 bits per heavy atom. The number of rotatable bonds is 4. The average molecular weight is 467 g/mol. The summed E-state index contributed by atoms with van der Waals surface area (Å²) < 4.78 is 11.4. The molecule has 2 atom stereocenters. The summed E-state index contributed by atoms with van der Waals surface area (Å²) in [6, 6.07) is 1.86. The van der Waals surface area contributed by atoms with E-state index in [1.807, 2.05) is 27.7 Å². The molecule has 1 spiro atoms. The summed E-state index contributed by atoms with van der Waals surface area (Å²) in [7, 11) is 3.42. The maximum absolute atomic E-state index is 13.7. The molecule has 3 amide bonds. The molecule has 0 bridgehead atoms. The number of hydrogen-bond acceptors (Lipinski definition) is 4. The molecule has 1 aromatic heterocycles. The fraction of sp³-hybridized carbons (Fsp3) is 0.538. The molecule has 0 aromatic carbocycles. The Hall–Kier alpha value is -3.00. The quantitative estimate of drug-likeness (QED) is 0.737. The molecule has 1 aromatic rings. The Balaban J connectivity index is 1.48. The fourth-order valence-corrected chi connectivity index (χ4v) is 6.31. The smallest absolute Gasteiger partial charge is 0.325 e. The maximum atomic E-state index is 13.7. The second-order valence-electron chi connectivity index (χ2n) is 9.60. The predicted octanol–water partition coefficient (Wildman–Crippen LogP) is 3.53. The van der Waals surface area contributed by atoms with Crippen molar-refractivity contribution in [2.75, 3.05) is 40.4 Å². The Kier molecular flexibility index (Phi) is 5.80. The van der Waals surface area contributed by atoms with Gasteiger partial charge in [0.2, 0.25) is 0 Å². The van der Waals surface area contributed by atoms with Gasteiger partial charge in [-0.2, -0.15) is 0 Å². The molecule has 4 heterocycles. The average Bonchev–Trinajstić information content (AvgIpc) is 3.42. The van der Waals surface area contributed by atoms with Gasteiger partial charge in [-0.05, 0) is 43.1 Å². The number of aromatic nitrogens is 1. The predicted molar refractivity (Wildman–Crippen MR) is 128 cm³/mol. The number of amides is 3. The van der Waals surface area contributed by atoms with Crippen LogP contribution in [0.1, 0.15) is 43.5 Å². The molecule has 2 fully saturated rings. The van der Waals surface area contributed by atoms with Crippen LogP contribution in [0.25, 0.3) is 0 Å². The summed E-state index contributed by atoms with van der Waals surface area (Å²) in [6.45, 7) is 6.63. The lowest BCUT2D eigenvalue weighted by atomic mass is 9.81. The highest BCUT2D eigenvalue weighted by molar-refractivity contribution is 5.94. The number of allylic oxidation sites excluding steroid dienone is 1. The molecule has 0 radical (unpaired) electrons. The number of nitrogens with one attached hydrogen (secondary N) is 1. The zero-order valence-corrected chi connectivity index (χ0v) is 20.5. The molecule has 3 aliphatic heterocycles. The number of likely N-dealkylation sites (tertiary alicyclic amines) is 1. The van der Waals surface area contributed by atoms with Crippen molar-refractivity contribution in [3.05, 3.63) is 58.8 Å². The Morgan fingerprint density at radius 1 is 1.26 bits per heavy atom. The lowest BCUT2D eigenvalue weighted by molar-refractivity contribution is 0.0575. The third kappa shape index (κ3) is 3.38. The van der Waals surface area contributed by atoms with E-state index in [2.05, 4.69) is 24.1 Å². The highest BCUT2D eigenvalue weighted by atomic mass is 16.5. The van der Waals surface area contributed by atoms with Crippen molar-refractivity contribution in [2.45, 2.75) is 44.8 Å². The monoisotopic (exact) mass is 466 g/mol. The molecular formula is C26H34N4O4. The summed E-state index contributed by atoms with van der Waals surface area (Å²) >= 11 is 0. The van der Waals surface area contributed by atoms with E-state index in [1.54, 1.807) is 26.6 Å². The second-order valence-corrected chi connectivity index (χ2v) is 9.60. The number of aromatic amines is 1. The van der Waals surface area contributed by atoms with Gasteiger partial charge >= 0.3 is 6.03 Å². The minimum atomic E-state index is -0.389. The number of carbonyl (C=O) groups excluding carboxylic acids is 2. The van der Waals surface area contributed by atoms with Gasteiger partial charge in [-0.3, -0.25) is 9.69 Å². The van der Waals surface area contributed by atoms with Crippen molar-refractivity contribution in [1.82, 2.24) is 19.7 Å². The van der Waals surface area contributed by atoms with Crippen LogP contribution in [-0.2, 0) is 9.47 Å². The van der Waals surface area contributed by atoms with Crippen LogP contribution >= 0.6 is 0 Å². The molecule has 1 aliphatic carbocycles. The van der Waals surface area contributed by atoms with E-state index < -0.39 is 0 Å². The van der Waals surface area contributed by atoms with Gasteiger partial charge in [0.15, 0.2) is 0 Å². The number of carbonyl (C=O) groups is 2. The Morgan fingerprint density at radius 3 is 2.65 bits per heavy atom. The summed E-state index contributed by atoms with van der Waals surface area (Å²) in [5.41, 5.74) is 3.71. The van der Waals surface area contributed by atoms with Crippen LogP contribution in [0, 0.1) is 5.92 Å². The SMILES string of the molecule is CCN1C(=O)N2CC3=C(C(C)C=C2C12CCN(C(=O)c1cc[nH]c1)CC2)C(OC)CC(OC)=C3. The summed E-state index contributed by atoms with van der Waals surface area (Å²) in [4.78, 5) is 35.5. The standard InChI is InChI=1S/C26H34N4O4/c1-5-30-25(32)29-16-19-13-20(33-3)14-21(34-4)23(19)17(2)12-22(29)26(30)7-10-28(11-8-26)24(31)18-6-9-27-15-18/h6,9,12-13,15,17,21,27H,5,7-8,10-11,14,16H2,1-4H3. The van der Waals surface area contributed by atoms with E-state index in [1.165, 1.54) is 5.57 Å². The van der Waals surface area contributed by atoms with Gasteiger partial charge in [0.1, 0.15) is 0 Å². The van der Waals surface area contributed by atoms with Crippen LogP contribution in [-0.4, -0.2) is 83.7 Å². The van der Waals surface area contributed by atoms with Crippen LogP contribution in [0.3, 0.4) is 0 Å².